The van der Waals surface area contributed by atoms with Gasteiger partial charge in [-0.05, 0) is 43.3 Å². The van der Waals surface area contributed by atoms with Crippen LogP contribution in [-0.2, 0) is 0 Å². The van der Waals surface area contributed by atoms with Crippen molar-refractivity contribution in [3.05, 3.63) is 84.8 Å². The Morgan fingerprint density at radius 1 is 0.970 bits per heavy atom. The molecule has 2 aromatic carbocycles. The summed E-state index contributed by atoms with van der Waals surface area (Å²) < 4.78 is 16.1. The minimum Gasteiger partial charge on any atom is -0.393 e. The van der Waals surface area contributed by atoms with Crippen LogP contribution in [0.5, 0.6) is 0 Å². The third kappa shape index (κ3) is 3.80. The molecule has 0 amide bonds. The lowest BCUT2D eigenvalue weighted by atomic mass is 10.1. The molecular formula is C24H21FN8. The van der Waals surface area contributed by atoms with Crippen LogP contribution in [0.3, 0.4) is 0 Å². The highest BCUT2D eigenvalue weighted by molar-refractivity contribution is 5.79. The number of nitrogen functional groups attached to an aromatic ring is 2. The predicted molar refractivity (Wildman–Crippen MR) is 127 cm³/mol. The van der Waals surface area contributed by atoms with E-state index in [9.17, 15) is 4.39 Å². The zero-order valence-electron chi connectivity index (χ0n) is 17.8. The summed E-state index contributed by atoms with van der Waals surface area (Å²) in [5, 5.41) is 3.25. The molecule has 33 heavy (non-hydrogen) atoms. The van der Waals surface area contributed by atoms with Gasteiger partial charge in [0.2, 0.25) is 0 Å². The monoisotopic (exact) mass is 440 g/mol. The van der Waals surface area contributed by atoms with Crippen molar-refractivity contribution in [2.45, 2.75) is 13.0 Å². The lowest BCUT2D eigenvalue weighted by Crippen LogP contribution is -2.15. The van der Waals surface area contributed by atoms with Gasteiger partial charge in [-0.3, -0.25) is 9.55 Å². The van der Waals surface area contributed by atoms with Crippen LogP contribution in [0.2, 0.25) is 0 Å². The number of anilines is 3. The van der Waals surface area contributed by atoms with Crippen molar-refractivity contribution in [3.8, 4) is 16.9 Å². The highest BCUT2D eigenvalue weighted by Gasteiger charge is 2.20. The minimum atomic E-state index is -0.343. The normalized spacial score (nSPS) is 12.1. The predicted octanol–water partition coefficient (Wildman–Crippen LogP) is 4.35. The molecule has 0 saturated carbocycles. The van der Waals surface area contributed by atoms with Crippen LogP contribution in [0.1, 0.15) is 18.8 Å². The molecule has 1 atom stereocenters. The summed E-state index contributed by atoms with van der Waals surface area (Å²) >= 11 is 0. The van der Waals surface area contributed by atoms with Gasteiger partial charge in [0.25, 0.3) is 0 Å². The fourth-order valence-electron chi connectivity index (χ4n) is 3.76. The van der Waals surface area contributed by atoms with Crippen molar-refractivity contribution in [2.24, 2.45) is 0 Å². The summed E-state index contributed by atoms with van der Waals surface area (Å²) in [6.45, 7) is 1.93. The van der Waals surface area contributed by atoms with E-state index in [1.165, 1.54) is 18.5 Å². The average molecular weight is 440 g/mol. The number of pyridine rings is 1. The Balaban J connectivity index is 1.65. The number of imidazole rings is 1. The molecule has 0 aliphatic carbocycles. The maximum atomic E-state index is 14.2. The lowest BCUT2D eigenvalue weighted by Gasteiger charge is -2.18. The van der Waals surface area contributed by atoms with Gasteiger partial charge < -0.3 is 16.8 Å². The second-order valence-electron chi connectivity index (χ2n) is 7.59. The number of benzene rings is 2. The zero-order valence-corrected chi connectivity index (χ0v) is 17.8. The van der Waals surface area contributed by atoms with Crippen molar-refractivity contribution in [2.75, 3.05) is 16.8 Å². The van der Waals surface area contributed by atoms with Crippen molar-refractivity contribution in [1.82, 2.24) is 24.5 Å². The van der Waals surface area contributed by atoms with Crippen LogP contribution in [0.4, 0.5) is 21.7 Å². The van der Waals surface area contributed by atoms with Crippen LogP contribution in [0.15, 0.2) is 73.2 Å². The van der Waals surface area contributed by atoms with E-state index in [4.69, 9.17) is 16.5 Å². The Bertz CT molecular complexity index is 1450. The minimum absolute atomic E-state index is 0.193. The summed E-state index contributed by atoms with van der Waals surface area (Å²) in [7, 11) is 0. The maximum absolute atomic E-state index is 14.2. The standard InChI is InChI=1S/C24H21FN8/c1-14(31-23-21(26)22(27)29-13-30-23)24-32-19-9-8-16(25)12-20(19)33(24)17-6-4-5-15(11-17)18-7-2-3-10-28-18/h2-14H,26H2,1H3,(H3,27,29,30,31)/t14-/m1/s1. The van der Waals surface area contributed by atoms with Gasteiger partial charge in [-0.1, -0.05) is 18.2 Å². The van der Waals surface area contributed by atoms with Gasteiger partial charge >= 0.3 is 0 Å². The molecule has 5 rings (SSSR count). The van der Waals surface area contributed by atoms with Gasteiger partial charge in [0.1, 0.15) is 23.7 Å². The largest absolute Gasteiger partial charge is 0.393 e. The van der Waals surface area contributed by atoms with E-state index in [-0.39, 0.29) is 23.4 Å². The van der Waals surface area contributed by atoms with Crippen LogP contribution in [-0.4, -0.2) is 24.5 Å². The molecule has 0 saturated heterocycles. The quantitative estimate of drug-likeness (QED) is 0.371. The van der Waals surface area contributed by atoms with Gasteiger partial charge in [0.05, 0.1) is 22.8 Å². The fourth-order valence-corrected chi connectivity index (χ4v) is 3.76. The van der Waals surface area contributed by atoms with E-state index >= 15 is 0 Å². The smallest absolute Gasteiger partial charge is 0.155 e. The topological polar surface area (TPSA) is 121 Å². The summed E-state index contributed by atoms with van der Waals surface area (Å²) in [6, 6.07) is 17.8. The molecule has 0 bridgehead atoms. The van der Waals surface area contributed by atoms with E-state index < -0.39 is 0 Å². The van der Waals surface area contributed by atoms with E-state index in [1.54, 1.807) is 12.3 Å². The number of rotatable bonds is 5. The molecule has 5 N–H and O–H groups in total. The molecule has 0 fully saturated rings. The molecule has 0 spiro atoms. The number of halogens is 1. The summed E-state index contributed by atoms with van der Waals surface area (Å²) in [4.78, 5) is 17.3. The molecule has 0 radical (unpaired) electrons. The highest BCUT2D eigenvalue weighted by Crippen LogP contribution is 2.31. The van der Waals surface area contributed by atoms with E-state index in [0.717, 1.165) is 16.9 Å². The van der Waals surface area contributed by atoms with Gasteiger partial charge in [-0.2, -0.15) is 0 Å². The number of nitrogens with zero attached hydrogens (tertiary/aromatic N) is 5. The second kappa shape index (κ2) is 8.19. The zero-order chi connectivity index (χ0) is 22.9. The van der Waals surface area contributed by atoms with E-state index in [0.29, 0.717) is 22.7 Å². The molecule has 164 valence electrons. The van der Waals surface area contributed by atoms with Crippen molar-refractivity contribution < 1.29 is 4.39 Å². The first-order chi connectivity index (χ1) is 16.0. The van der Waals surface area contributed by atoms with E-state index in [1.807, 2.05) is 54.0 Å². The van der Waals surface area contributed by atoms with E-state index in [2.05, 4.69) is 20.3 Å². The van der Waals surface area contributed by atoms with Crippen LogP contribution < -0.4 is 16.8 Å². The molecule has 9 heteroatoms. The SMILES string of the molecule is C[C@@H](Nc1ncnc(N)c1N)c1nc2ccc(F)cc2n1-c1cccc(-c2ccccn2)c1. The van der Waals surface area contributed by atoms with Crippen LogP contribution in [0, 0.1) is 5.82 Å². The number of hydrogen-bond donors (Lipinski definition) is 3. The maximum Gasteiger partial charge on any atom is 0.155 e. The molecule has 3 aromatic heterocycles. The Hall–Kier alpha value is -4.53. The molecule has 5 aromatic rings. The summed E-state index contributed by atoms with van der Waals surface area (Å²) in [6.07, 6.45) is 3.09. The van der Waals surface area contributed by atoms with Crippen molar-refractivity contribution in [1.29, 1.82) is 0 Å². The molecular weight excluding hydrogens is 419 g/mol. The number of nitrogens with two attached hydrogens (primary N) is 2. The van der Waals surface area contributed by atoms with Gasteiger partial charge in [0, 0.05) is 23.5 Å². The van der Waals surface area contributed by atoms with Crippen molar-refractivity contribution in [3.63, 3.8) is 0 Å². The lowest BCUT2D eigenvalue weighted by molar-refractivity contribution is 0.629. The summed E-state index contributed by atoms with van der Waals surface area (Å²) in [5.74, 6) is 0.912. The third-order valence-electron chi connectivity index (χ3n) is 5.36. The number of aromatic nitrogens is 5. The first-order valence-electron chi connectivity index (χ1n) is 10.3. The Labute approximate surface area is 189 Å². The summed E-state index contributed by atoms with van der Waals surface area (Å²) in [5.41, 5.74) is 16.0. The molecule has 0 aliphatic rings. The molecule has 0 aliphatic heterocycles. The number of hydrogen-bond acceptors (Lipinski definition) is 7. The second-order valence-corrected chi connectivity index (χ2v) is 7.59. The molecule has 8 nitrogen and oxygen atoms in total. The average Bonchev–Trinajstić information content (AvgIpc) is 3.21. The van der Waals surface area contributed by atoms with Crippen LogP contribution >= 0.6 is 0 Å². The third-order valence-corrected chi connectivity index (χ3v) is 5.36. The van der Waals surface area contributed by atoms with Gasteiger partial charge in [-0.25, -0.2) is 19.3 Å². The molecule has 3 heterocycles. The molecule has 0 unspecified atom stereocenters. The van der Waals surface area contributed by atoms with Crippen LogP contribution in [0.25, 0.3) is 28.0 Å². The fraction of sp³-hybridized carbons (Fsp3) is 0.0833. The number of fused-ring (bicyclic) bond motifs is 1. The van der Waals surface area contributed by atoms with Gasteiger partial charge in [-0.15, -0.1) is 0 Å². The number of nitrogens with one attached hydrogen (secondary N) is 1. The first-order valence-corrected chi connectivity index (χ1v) is 10.3. The van der Waals surface area contributed by atoms with Crippen molar-refractivity contribution >= 4 is 28.4 Å². The first kappa shape index (κ1) is 20.4. The Kier molecular flexibility index (Phi) is 5.06. The Morgan fingerprint density at radius 2 is 1.85 bits per heavy atom. The Morgan fingerprint density at radius 3 is 2.67 bits per heavy atom. The van der Waals surface area contributed by atoms with Gasteiger partial charge in [0.15, 0.2) is 11.6 Å². The highest BCUT2D eigenvalue weighted by atomic mass is 19.1.